The lowest BCUT2D eigenvalue weighted by Gasteiger charge is -2.08. The Labute approximate surface area is 106 Å². The average molecular weight is 244 g/mol. The Hall–Kier alpha value is -1.61. The number of para-hydroxylation sites is 1. The fourth-order valence-electron chi connectivity index (χ4n) is 1.65. The lowest BCUT2D eigenvalue weighted by Crippen LogP contribution is -1.93. The molecule has 4 N–H and O–H groups in total. The molecule has 0 bridgehead atoms. The van der Waals surface area contributed by atoms with Crippen molar-refractivity contribution >= 4 is 23.1 Å². The van der Waals surface area contributed by atoms with Gasteiger partial charge in [0.2, 0.25) is 0 Å². The number of rotatable bonds is 3. The SMILES string of the molecule is CCc1cc(Sc2ccccc2N)ccc1N. The van der Waals surface area contributed by atoms with Gasteiger partial charge in [-0.15, -0.1) is 0 Å². The van der Waals surface area contributed by atoms with Crippen molar-refractivity contribution in [2.75, 3.05) is 11.5 Å². The van der Waals surface area contributed by atoms with Crippen LogP contribution in [0.5, 0.6) is 0 Å². The first-order chi connectivity index (χ1) is 8.20. The molecule has 2 aromatic rings. The summed E-state index contributed by atoms with van der Waals surface area (Å²) < 4.78 is 0. The molecule has 2 rings (SSSR count). The fraction of sp³-hybridized carbons (Fsp3) is 0.143. The van der Waals surface area contributed by atoms with Crippen LogP contribution in [-0.2, 0) is 6.42 Å². The summed E-state index contributed by atoms with van der Waals surface area (Å²) in [7, 11) is 0. The lowest BCUT2D eigenvalue weighted by atomic mass is 10.1. The molecule has 0 heterocycles. The lowest BCUT2D eigenvalue weighted by molar-refractivity contribution is 1.13. The molecule has 0 saturated heterocycles. The number of nitrogen functional groups attached to an aromatic ring is 2. The van der Waals surface area contributed by atoms with Gasteiger partial charge in [-0.05, 0) is 42.3 Å². The topological polar surface area (TPSA) is 52.0 Å². The van der Waals surface area contributed by atoms with Gasteiger partial charge in [-0.2, -0.15) is 0 Å². The quantitative estimate of drug-likeness (QED) is 0.812. The Kier molecular flexibility index (Phi) is 3.59. The standard InChI is InChI=1S/C14H16N2S/c1-2-10-9-11(7-8-12(10)15)17-14-6-4-3-5-13(14)16/h3-9H,2,15-16H2,1H3. The minimum Gasteiger partial charge on any atom is -0.399 e. The molecule has 0 atom stereocenters. The van der Waals surface area contributed by atoms with Crippen LogP contribution in [0.2, 0.25) is 0 Å². The van der Waals surface area contributed by atoms with E-state index in [0.29, 0.717) is 0 Å². The van der Waals surface area contributed by atoms with Gasteiger partial charge in [-0.3, -0.25) is 0 Å². The zero-order valence-electron chi connectivity index (χ0n) is 9.81. The van der Waals surface area contributed by atoms with Gasteiger partial charge >= 0.3 is 0 Å². The minimum atomic E-state index is 0.812. The number of hydrogen-bond donors (Lipinski definition) is 2. The van der Waals surface area contributed by atoms with E-state index in [1.165, 1.54) is 10.5 Å². The highest BCUT2D eigenvalue weighted by atomic mass is 32.2. The van der Waals surface area contributed by atoms with E-state index in [0.717, 1.165) is 22.7 Å². The van der Waals surface area contributed by atoms with Gasteiger partial charge in [-0.1, -0.05) is 30.8 Å². The normalized spacial score (nSPS) is 10.4. The molecule has 88 valence electrons. The molecule has 0 radical (unpaired) electrons. The van der Waals surface area contributed by atoms with Crippen LogP contribution in [0, 0.1) is 0 Å². The third kappa shape index (κ3) is 2.74. The van der Waals surface area contributed by atoms with Gasteiger partial charge < -0.3 is 11.5 Å². The van der Waals surface area contributed by atoms with E-state index in [1.54, 1.807) is 11.8 Å². The number of benzene rings is 2. The second kappa shape index (κ2) is 5.15. The Balaban J connectivity index is 2.28. The predicted octanol–water partition coefficient (Wildman–Crippen LogP) is 3.56. The van der Waals surface area contributed by atoms with E-state index in [9.17, 15) is 0 Å². The molecule has 17 heavy (non-hydrogen) atoms. The van der Waals surface area contributed by atoms with Gasteiger partial charge in [0.1, 0.15) is 0 Å². The Morgan fingerprint density at radius 2 is 1.76 bits per heavy atom. The summed E-state index contributed by atoms with van der Waals surface area (Å²) in [6, 6.07) is 14.0. The number of nitrogens with two attached hydrogens (primary N) is 2. The van der Waals surface area contributed by atoms with Crippen molar-refractivity contribution in [3.05, 3.63) is 48.0 Å². The maximum Gasteiger partial charge on any atom is 0.0455 e. The van der Waals surface area contributed by atoms with Crippen LogP contribution in [0.1, 0.15) is 12.5 Å². The molecule has 2 nitrogen and oxygen atoms in total. The van der Waals surface area contributed by atoms with Crippen LogP contribution in [0.4, 0.5) is 11.4 Å². The van der Waals surface area contributed by atoms with E-state index in [2.05, 4.69) is 13.0 Å². The minimum absolute atomic E-state index is 0.812. The fourth-order valence-corrected chi connectivity index (χ4v) is 2.58. The highest BCUT2D eigenvalue weighted by Gasteiger charge is 2.03. The van der Waals surface area contributed by atoms with Crippen LogP contribution < -0.4 is 11.5 Å². The van der Waals surface area contributed by atoms with Crippen LogP contribution in [0.3, 0.4) is 0 Å². The highest BCUT2D eigenvalue weighted by Crippen LogP contribution is 2.33. The molecule has 3 heteroatoms. The molecular formula is C14H16N2S. The van der Waals surface area contributed by atoms with E-state index in [1.807, 2.05) is 36.4 Å². The summed E-state index contributed by atoms with van der Waals surface area (Å²) in [4.78, 5) is 2.26. The average Bonchev–Trinajstić information content (AvgIpc) is 2.34. The molecule has 2 aromatic carbocycles. The van der Waals surface area contributed by atoms with Gasteiger partial charge in [0.25, 0.3) is 0 Å². The monoisotopic (exact) mass is 244 g/mol. The van der Waals surface area contributed by atoms with E-state index < -0.39 is 0 Å². The van der Waals surface area contributed by atoms with Crippen LogP contribution in [0.15, 0.2) is 52.3 Å². The van der Waals surface area contributed by atoms with Crippen molar-refractivity contribution in [2.45, 2.75) is 23.1 Å². The third-order valence-electron chi connectivity index (χ3n) is 2.64. The van der Waals surface area contributed by atoms with Crippen LogP contribution in [0.25, 0.3) is 0 Å². The molecule has 0 aliphatic carbocycles. The van der Waals surface area contributed by atoms with Crippen molar-refractivity contribution < 1.29 is 0 Å². The first-order valence-corrected chi connectivity index (χ1v) is 6.43. The van der Waals surface area contributed by atoms with Gasteiger partial charge in [0.15, 0.2) is 0 Å². The first-order valence-electron chi connectivity index (χ1n) is 5.61. The molecule has 0 spiro atoms. The van der Waals surface area contributed by atoms with Crippen molar-refractivity contribution in [3.8, 4) is 0 Å². The first kappa shape index (κ1) is 11.9. The molecule has 0 aromatic heterocycles. The molecule has 0 amide bonds. The maximum atomic E-state index is 5.92. The summed E-state index contributed by atoms with van der Waals surface area (Å²) >= 11 is 1.67. The van der Waals surface area contributed by atoms with Crippen molar-refractivity contribution in [1.29, 1.82) is 0 Å². The van der Waals surface area contributed by atoms with Gasteiger partial charge in [-0.25, -0.2) is 0 Å². The summed E-state index contributed by atoms with van der Waals surface area (Å²) in [5, 5.41) is 0. The Morgan fingerprint density at radius 1 is 1.00 bits per heavy atom. The largest absolute Gasteiger partial charge is 0.399 e. The zero-order chi connectivity index (χ0) is 12.3. The molecule has 0 saturated carbocycles. The second-order valence-electron chi connectivity index (χ2n) is 3.85. The number of hydrogen-bond acceptors (Lipinski definition) is 3. The summed E-state index contributed by atoms with van der Waals surface area (Å²) in [5.74, 6) is 0. The summed E-state index contributed by atoms with van der Waals surface area (Å²) in [5.41, 5.74) is 14.7. The highest BCUT2D eigenvalue weighted by molar-refractivity contribution is 7.99. The second-order valence-corrected chi connectivity index (χ2v) is 4.97. The molecule has 0 aliphatic heterocycles. The van der Waals surface area contributed by atoms with E-state index in [4.69, 9.17) is 11.5 Å². The maximum absolute atomic E-state index is 5.92. The summed E-state index contributed by atoms with van der Waals surface area (Å²) in [6.45, 7) is 2.11. The molecule has 0 aliphatic rings. The number of anilines is 2. The zero-order valence-corrected chi connectivity index (χ0v) is 10.6. The van der Waals surface area contributed by atoms with E-state index >= 15 is 0 Å². The van der Waals surface area contributed by atoms with Gasteiger partial charge in [0, 0.05) is 21.2 Å². The molecule has 0 unspecified atom stereocenters. The van der Waals surface area contributed by atoms with E-state index in [-0.39, 0.29) is 0 Å². The molecular weight excluding hydrogens is 228 g/mol. The van der Waals surface area contributed by atoms with Gasteiger partial charge in [0.05, 0.1) is 0 Å². The van der Waals surface area contributed by atoms with Crippen LogP contribution in [-0.4, -0.2) is 0 Å². The number of aryl methyl sites for hydroxylation is 1. The van der Waals surface area contributed by atoms with Crippen molar-refractivity contribution in [1.82, 2.24) is 0 Å². The van der Waals surface area contributed by atoms with Crippen molar-refractivity contribution in [2.24, 2.45) is 0 Å². The Morgan fingerprint density at radius 3 is 2.47 bits per heavy atom. The smallest absolute Gasteiger partial charge is 0.0455 e. The van der Waals surface area contributed by atoms with Crippen LogP contribution >= 0.6 is 11.8 Å². The van der Waals surface area contributed by atoms with Crippen molar-refractivity contribution in [3.63, 3.8) is 0 Å². The summed E-state index contributed by atoms with van der Waals surface area (Å²) in [6.07, 6.45) is 0.949. The predicted molar refractivity (Wildman–Crippen MR) is 75.2 cm³/mol. The molecule has 0 fully saturated rings. The third-order valence-corrected chi connectivity index (χ3v) is 3.72. The Bertz CT molecular complexity index is 523.